The molecule has 1 aromatic heterocycles. The Kier molecular flexibility index (Phi) is 11.9. The number of hydrogen-bond acceptors (Lipinski definition) is 9. The van der Waals surface area contributed by atoms with Crippen molar-refractivity contribution in [1.82, 2.24) is 10.3 Å². The van der Waals surface area contributed by atoms with Gasteiger partial charge in [-0.2, -0.15) is 0 Å². The molecule has 4 atom stereocenters. The molecule has 0 aliphatic heterocycles. The molecule has 0 saturated heterocycles. The van der Waals surface area contributed by atoms with E-state index >= 15 is 0 Å². The lowest BCUT2D eigenvalue weighted by Gasteiger charge is -2.25. The number of carbonyl (C=O) groups excluding carboxylic acids is 1. The molecule has 0 bridgehead atoms. The standard InChI is InChI=1S/C35H42N2O8/c1-22(38)19-37-21-45-35-16-24(7-9-31(35)41)14-29(26-4-3-5-28(39)17-26)33(43)18-32(42)27(13-25-10-11-36-20-25)12-23-6-8-30(40)34(15-23)44-2/h3-11,15-17,20,22,27,29,32,36-42H,12-14,18-19,21H2,1-2H3/t22-,27+,29+,32+/m0/s1. The summed E-state index contributed by atoms with van der Waals surface area (Å²) in [4.78, 5) is 17.0. The van der Waals surface area contributed by atoms with Crippen LogP contribution >= 0.6 is 0 Å². The van der Waals surface area contributed by atoms with Crippen molar-refractivity contribution in [2.24, 2.45) is 5.92 Å². The first-order chi connectivity index (χ1) is 21.6. The maximum atomic E-state index is 14.0. The lowest BCUT2D eigenvalue weighted by atomic mass is 9.81. The lowest BCUT2D eigenvalue weighted by Crippen LogP contribution is -2.30. The van der Waals surface area contributed by atoms with Gasteiger partial charge < -0.3 is 40.0 Å². The van der Waals surface area contributed by atoms with Crippen molar-refractivity contribution in [3.8, 4) is 28.7 Å². The van der Waals surface area contributed by atoms with Crippen LogP contribution in [0, 0.1) is 5.92 Å². The van der Waals surface area contributed by atoms with Gasteiger partial charge in [0.05, 0.1) is 19.3 Å². The third kappa shape index (κ3) is 9.74. The largest absolute Gasteiger partial charge is 0.508 e. The summed E-state index contributed by atoms with van der Waals surface area (Å²) >= 11 is 0. The summed E-state index contributed by atoms with van der Waals surface area (Å²) in [6, 6.07) is 18.4. The van der Waals surface area contributed by atoms with E-state index < -0.39 is 18.1 Å². The normalized spacial score (nSPS) is 14.0. The first-order valence-electron chi connectivity index (χ1n) is 14.9. The molecule has 0 amide bonds. The first-order valence-corrected chi connectivity index (χ1v) is 14.9. The molecule has 3 aromatic carbocycles. The number of aromatic amines is 1. The predicted molar refractivity (Wildman–Crippen MR) is 170 cm³/mol. The molecule has 7 N–H and O–H groups in total. The number of aromatic nitrogens is 1. The lowest BCUT2D eigenvalue weighted by molar-refractivity contribution is -0.123. The smallest absolute Gasteiger partial charge is 0.163 e. The minimum absolute atomic E-state index is 0.0203. The molecule has 0 fully saturated rings. The second-order valence-electron chi connectivity index (χ2n) is 11.4. The zero-order valence-electron chi connectivity index (χ0n) is 25.5. The van der Waals surface area contributed by atoms with Gasteiger partial charge in [0.2, 0.25) is 0 Å². The number of Topliss-reactive ketones (excluding diaryl/α,β-unsaturated/α-hetero) is 1. The van der Waals surface area contributed by atoms with E-state index in [2.05, 4.69) is 10.3 Å². The molecule has 45 heavy (non-hydrogen) atoms. The third-order valence-corrected chi connectivity index (χ3v) is 7.75. The Morgan fingerprint density at radius 3 is 2.22 bits per heavy atom. The van der Waals surface area contributed by atoms with E-state index in [-0.39, 0.29) is 54.3 Å². The number of H-pyrrole nitrogens is 1. The van der Waals surface area contributed by atoms with E-state index in [9.17, 15) is 30.3 Å². The van der Waals surface area contributed by atoms with Crippen LogP contribution in [0.4, 0.5) is 0 Å². The number of ether oxygens (including phenoxy) is 2. The molecule has 4 rings (SSSR count). The minimum Gasteiger partial charge on any atom is -0.508 e. The van der Waals surface area contributed by atoms with Crippen molar-refractivity contribution in [3.05, 3.63) is 101 Å². The quantitative estimate of drug-likeness (QED) is 0.0679. The maximum Gasteiger partial charge on any atom is 0.163 e. The van der Waals surface area contributed by atoms with Crippen LogP contribution in [0.15, 0.2) is 79.1 Å². The van der Waals surface area contributed by atoms with Gasteiger partial charge in [-0.1, -0.05) is 24.3 Å². The Balaban J connectivity index is 1.55. The zero-order valence-corrected chi connectivity index (χ0v) is 25.5. The second kappa shape index (κ2) is 16.0. The van der Waals surface area contributed by atoms with Gasteiger partial charge in [-0.15, -0.1) is 0 Å². The number of methoxy groups -OCH3 is 1. The fraction of sp³-hybridized carbons (Fsp3) is 0.343. The summed E-state index contributed by atoms with van der Waals surface area (Å²) in [5.74, 6) is -0.688. The molecule has 0 aliphatic rings. The number of benzene rings is 3. The molecule has 0 spiro atoms. The van der Waals surface area contributed by atoms with Crippen LogP contribution in [0.1, 0.15) is 41.5 Å². The first kappa shape index (κ1) is 33.4. The van der Waals surface area contributed by atoms with Crippen LogP contribution in [-0.2, 0) is 24.1 Å². The van der Waals surface area contributed by atoms with Gasteiger partial charge in [0.25, 0.3) is 0 Å². The van der Waals surface area contributed by atoms with Gasteiger partial charge in [-0.05, 0) is 96.8 Å². The highest BCUT2D eigenvalue weighted by atomic mass is 16.5. The predicted octanol–water partition coefficient (Wildman–Crippen LogP) is 4.19. The Morgan fingerprint density at radius 2 is 1.56 bits per heavy atom. The van der Waals surface area contributed by atoms with Gasteiger partial charge >= 0.3 is 0 Å². The van der Waals surface area contributed by atoms with E-state index in [1.165, 1.54) is 19.2 Å². The molecule has 1 heterocycles. The molecule has 4 aromatic rings. The van der Waals surface area contributed by atoms with Gasteiger partial charge in [0, 0.05) is 31.3 Å². The number of hydrogen-bond donors (Lipinski definition) is 7. The molecule has 0 aliphatic carbocycles. The summed E-state index contributed by atoms with van der Waals surface area (Å²) in [6.07, 6.45) is 3.19. The number of phenolic OH excluding ortho intramolecular Hbond substituents is 3. The van der Waals surface area contributed by atoms with E-state index in [4.69, 9.17) is 9.47 Å². The Hall–Kier alpha value is -4.51. The SMILES string of the molecule is COc1cc(C[C@H](Cc2cc[nH]c2)[C@H](O)CC(=O)[C@H](Cc2ccc(O)c(OCNC[C@H](C)O)c2)c2cccc(O)c2)ccc1O. The fourth-order valence-corrected chi connectivity index (χ4v) is 5.39. The van der Waals surface area contributed by atoms with Gasteiger partial charge in [-0.3, -0.25) is 10.1 Å². The molecule has 10 nitrogen and oxygen atoms in total. The van der Waals surface area contributed by atoms with Crippen LogP contribution in [0.2, 0.25) is 0 Å². The summed E-state index contributed by atoms with van der Waals surface area (Å²) in [5.41, 5.74) is 3.16. The fourth-order valence-electron chi connectivity index (χ4n) is 5.39. The number of nitrogens with one attached hydrogen (secondary N) is 2. The van der Waals surface area contributed by atoms with E-state index in [1.807, 2.05) is 18.5 Å². The summed E-state index contributed by atoms with van der Waals surface area (Å²) in [5, 5.41) is 54.5. The number of phenols is 3. The van der Waals surface area contributed by atoms with Gasteiger partial charge in [0.1, 0.15) is 18.3 Å². The van der Waals surface area contributed by atoms with Crippen LogP contribution in [0.5, 0.6) is 28.7 Å². The maximum absolute atomic E-state index is 14.0. The van der Waals surface area contributed by atoms with Crippen LogP contribution in [-0.4, -0.2) is 68.9 Å². The summed E-state index contributed by atoms with van der Waals surface area (Å²) < 4.78 is 10.9. The molecule has 240 valence electrons. The van der Waals surface area contributed by atoms with E-state index in [0.29, 0.717) is 30.7 Å². The van der Waals surface area contributed by atoms with Gasteiger partial charge in [-0.25, -0.2) is 0 Å². The average molecular weight is 619 g/mol. The van der Waals surface area contributed by atoms with E-state index in [0.717, 1.165) is 16.7 Å². The summed E-state index contributed by atoms with van der Waals surface area (Å²) in [7, 11) is 1.48. The Bertz CT molecular complexity index is 1520. The number of aliphatic hydroxyl groups excluding tert-OH is 2. The molecule has 0 unspecified atom stereocenters. The highest BCUT2D eigenvalue weighted by Gasteiger charge is 2.29. The number of aromatic hydroxyl groups is 3. The van der Waals surface area contributed by atoms with Crippen molar-refractivity contribution in [2.75, 3.05) is 20.4 Å². The number of rotatable bonds is 17. The molecular formula is C35H42N2O8. The zero-order chi connectivity index (χ0) is 32.3. The van der Waals surface area contributed by atoms with Crippen LogP contribution < -0.4 is 14.8 Å². The molecule has 0 radical (unpaired) electrons. The number of ketones is 1. The highest BCUT2D eigenvalue weighted by molar-refractivity contribution is 5.86. The molecule has 0 saturated carbocycles. The van der Waals surface area contributed by atoms with Crippen LogP contribution in [0.25, 0.3) is 0 Å². The van der Waals surface area contributed by atoms with Crippen LogP contribution in [0.3, 0.4) is 0 Å². The third-order valence-electron chi connectivity index (χ3n) is 7.75. The van der Waals surface area contributed by atoms with Crippen molar-refractivity contribution in [3.63, 3.8) is 0 Å². The highest BCUT2D eigenvalue weighted by Crippen LogP contribution is 2.33. The van der Waals surface area contributed by atoms with Gasteiger partial charge in [0.15, 0.2) is 23.0 Å². The summed E-state index contributed by atoms with van der Waals surface area (Å²) in [6.45, 7) is 2.04. The number of carbonyl (C=O) groups is 1. The Morgan fingerprint density at radius 1 is 0.867 bits per heavy atom. The Labute approximate surface area is 262 Å². The van der Waals surface area contributed by atoms with Crippen molar-refractivity contribution < 1.29 is 39.8 Å². The van der Waals surface area contributed by atoms with Crippen molar-refractivity contribution >= 4 is 5.78 Å². The van der Waals surface area contributed by atoms with Crippen molar-refractivity contribution in [2.45, 2.75) is 50.7 Å². The van der Waals surface area contributed by atoms with Crippen molar-refractivity contribution in [1.29, 1.82) is 0 Å². The minimum atomic E-state index is -0.995. The number of aliphatic hydroxyl groups is 2. The molecule has 10 heteroatoms. The molecular weight excluding hydrogens is 576 g/mol. The second-order valence-corrected chi connectivity index (χ2v) is 11.4. The monoisotopic (exact) mass is 618 g/mol. The average Bonchev–Trinajstić information content (AvgIpc) is 3.53. The topological polar surface area (TPSA) is 164 Å². The van der Waals surface area contributed by atoms with E-state index in [1.54, 1.807) is 55.5 Å².